The number of nitrogens with zero attached hydrogens (tertiary/aromatic N) is 3. The SMILES string of the molecule is O=C(NCCCn1nc2c(c1C(=O)O)CCc1cnccc1-2)NCc1ccccc1. The Bertz CT molecular complexity index is 1060. The van der Waals surface area contributed by atoms with E-state index in [9.17, 15) is 14.7 Å². The molecule has 3 aromatic rings. The lowest BCUT2D eigenvalue weighted by Crippen LogP contribution is -2.35. The van der Waals surface area contributed by atoms with Crippen molar-refractivity contribution in [3.05, 3.63) is 71.2 Å². The van der Waals surface area contributed by atoms with E-state index in [0.29, 0.717) is 32.5 Å². The van der Waals surface area contributed by atoms with Crippen molar-refractivity contribution in [2.24, 2.45) is 0 Å². The molecule has 3 N–H and O–H groups in total. The molecule has 8 nitrogen and oxygen atoms in total. The molecular formula is C22H23N5O3. The van der Waals surface area contributed by atoms with Crippen LogP contribution in [0.15, 0.2) is 48.8 Å². The Labute approximate surface area is 174 Å². The van der Waals surface area contributed by atoms with Crippen LogP contribution in [0.1, 0.15) is 33.6 Å². The number of benzene rings is 1. The zero-order valence-electron chi connectivity index (χ0n) is 16.5. The van der Waals surface area contributed by atoms with Crippen molar-refractivity contribution in [1.82, 2.24) is 25.4 Å². The van der Waals surface area contributed by atoms with Crippen LogP contribution in [0.5, 0.6) is 0 Å². The standard InChI is InChI=1S/C22H23N5O3/c28-21(29)20-18-8-7-16-14-23-11-9-17(16)19(18)26-27(20)12-4-10-24-22(30)25-13-15-5-2-1-3-6-15/h1-3,5-6,9,11,14H,4,7-8,10,12-13H2,(H,28,29)(H2,24,25,30). The number of carboxylic acid groups (broad SMARTS) is 1. The average molecular weight is 405 g/mol. The van der Waals surface area contributed by atoms with Crippen LogP contribution in [0.4, 0.5) is 4.79 Å². The van der Waals surface area contributed by atoms with Crippen molar-refractivity contribution < 1.29 is 14.7 Å². The fourth-order valence-electron chi connectivity index (χ4n) is 3.74. The molecule has 0 aliphatic heterocycles. The van der Waals surface area contributed by atoms with Gasteiger partial charge in [0.25, 0.3) is 0 Å². The molecule has 0 bridgehead atoms. The number of carbonyl (C=O) groups excluding carboxylic acids is 1. The van der Waals surface area contributed by atoms with Crippen LogP contribution in [-0.4, -0.2) is 38.4 Å². The van der Waals surface area contributed by atoms with E-state index >= 15 is 0 Å². The maximum Gasteiger partial charge on any atom is 0.354 e. The second kappa shape index (κ2) is 8.77. The first-order valence-corrected chi connectivity index (χ1v) is 9.95. The molecule has 1 aliphatic rings. The molecule has 2 aromatic heterocycles. The topological polar surface area (TPSA) is 109 Å². The van der Waals surface area contributed by atoms with Crippen molar-refractivity contribution in [2.45, 2.75) is 32.4 Å². The summed E-state index contributed by atoms with van der Waals surface area (Å²) >= 11 is 0. The fraction of sp³-hybridized carbons (Fsp3) is 0.273. The van der Waals surface area contributed by atoms with E-state index < -0.39 is 5.97 Å². The van der Waals surface area contributed by atoms with Gasteiger partial charge in [-0.2, -0.15) is 5.10 Å². The second-order valence-electron chi connectivity index (χ2n) is 7.19. The van der Waals surface area contributed by atoms with E-state index in [0.717, 1.165) is 34.4 Å². The summed E-state index contributed by atoms with van der Waals surface area (Å²) in [6, 6.07) is 11.3. The lowest BCUT2D eigenvalue weighted by atomic mass is 9.90. The molecule has 0 fully saturated rings. The zero-order valence-corrected chi connectivity index (χ0v) is 16.5. The van der Waals surface area contributed by atoms with Gasteiger partial charge in [-0.15, -0.1) is 0 Å². The highest BCUT2D eigenvalue weighted by Gasteiger charge is 2.27. The van der Waals surface area contributed by atoms with Gasteiger partial charge < -0.3 is 15.7 Å². The first-order valence-electron chi connectivity index (χ1n) is 9.95. The molecule has 4 rings (SSSR count). The molecule has 8 heteroatoms. The number of aromatic nitrogens is 3. The van der Waals surface area contributed by atoms with Crippen LogP contribution in [0.25, 0.3) is 11.3 Å². The molecule has 0 atom stereocenters. The molecule has 0 saturated heterocycles. The maximum atomic E-state index is 12.0. The normalized spacial score (nSPS) is 12.0. The first-order chi connectivity index (χ1) is 14.6. The number of carbonyl (C=O) groups is 2. The highest BCUT2D eigenvalue weighted by Crippen LogP contribution is 2.34. The first kappa shape index (κ1) is 19.6. The molecule has 0 saturated carbocycles. The number of nitrogens with one attached hydrogen (secondary N) is 2. The summed E-state index contributed by atoms with van der Waals surface area (Å²) < 4.78 is 1.55. The van der Waals surface area contributed by atoms with E-state index in [4.69, 9.17) is 0 Å². The quantitative estimate of drug-likeness (QED) is 0.524. The van der Waals surface area contributed by atoms with Crippen molar-refractivity contribution in [2.75, 3.05) is 6.54 Å². The van der Waals surface area contributed by atoms with Crippen molar-refractivity contribution in [3.63, 3.8) is 0 Å². The fourth-order valence-corrected chi connectivity index (χ4v) is 3.74. The average Bonchev–Trinajstić information content (AvgIpc) is 3.15. The summed E-state index contributed by atoms with van der Waals surface area (Å²) in [6.45, 7) is 1.29. The molecule has 30 heavy (non-hydrogen) atoms. The van der Waals surface area contributed by atoms with Crippen LogP contribution < -0.4 is 10.6 Å². The van der Waals surface area contributed by atoms with Crippen LogP contribution in [0, 0.1) is 0 Å². The Kier molecular flexibility index (Phi) is 5.74. The van der Waals surface area contributed by atoms with Gasteiger partial charge in [-0.3, -0.25) is 9.67 Å². The molecule has 1 aromatic carbocycles. The van der Waals surface area contributed by atoms with Crippen LogP contribution in [0.2, 0.25) is 0 Å². The van der Waals surface area contributed by atoms with E-state index in [1.165, 1.54) is 0 Å². The van der Waals surface area contributed by atoms with Gasteiger partial charge in [0.2, 0.25) is 0 Å². The number of aromatic carboxylic acids is 1. The summed E-state index contributed by atoms with van der Waals surface area (Å²) in [6.07, 6.45) is 5.48. The molecule has 154 valence electrons. The minimum atomic E-state index is -0.977. The number of aryl methyl sites for hydroxylation is 2. The number of urea groups is 1. The van der Waals surface area contributed by atoms with Gasteiger partial charge in [0.1, 0.15) is 5.69 Å². The Morgan fingerprint density at radius 2 is 1.93 bits per heavy atom. The van der Waals surface area contributed by atoms with Gasteiger partial charge in [-0.05, 0) is 36.5 Å². The van der Waals surface area contributed by atoms with Gasteiger partial charge in [0.05, 0.1) is 5.69 Å². The lowest BCUT2D eigenvalue weighted by molar-refractivity contribution is 0.0681. The summed E-state index contributed by atoms with van der Waals surface area (Å²) in [5.41, 5.74) is 4.80. The van der Waals surface area contributed by atoms with E-state index in [1.54, 1.807) is 10.9 Å². The maximum absolute atomic E-state index is 12.0. The van der Waals surface area contributed by atoms with Crippen LogP contribution in [-0.2, 0) is 25.9 Å². The molecular weight excluding hydrogens is 382 g/mol. The molecule has 0 spiro atoms. The zero-order chi connectivity index (χ0) is 20.9. The number of hydrogen-bond acceptors (Lipinski definition) is 4. The number of carboxylic acids is 1. The van der Waals surface area contributed by atoms with Gasteiger partial charge in [0, 0.05) is 43.2 Å². The van der Waals surface area contributed by atoms with E-state index in [2.05, 4.69) is 20.7 Å². The van der Waals surface area contributed by atoms with E-state index in [1.807, 2.05) is 42.6 Å². The van der Waals surface area contributed by atoms with Gasteiger partial charge in [-0.1, -0.05) is 30.3 Å². The van der Waals surface area contributed by atoms with Crippen molar-refractivity contribution in [1.29, 1.82) is 0 Å². The Morgan fingerprint density at radius 3 is 2.73 bits per heavy atom. The number of amides is 2. The number of hydrogen-bond donors (Lipinski definition) is 3. The predicted octanol–water partition coefficient (Wildman–Crippen LogP) is 2.63. The molecule has 2 amide bonds. The summed E-state index contributed by atoms with van der Waals surface area (Å²) in [5.74, 6) is -0.977. The van der Waals surface area contributed by atoms with Crippen molar-refractivity contribution in [3.8, 4) is 11.3 Å². The van der Waals surface area contributed by atoms with Crippen LogP contribution in [0.3, 0.4) is 0 Å². The minimum absolute atomic E-state index is 0.237. The molecule has 0 radical (unpaired) electrons. The number of pyridine rings is 1. The Morgan fingerprint density at radius 1 is 1.10 bits per heavy atom. The number of fused-ring (bicyclic) bond motifs is 3. The third kappa shape index (κ3) is 4.17. The highest BCUT2D eigenvalue weighted by molar-refractivity contribution is 5.90. The minimum Gasteiger partial charge on any atom is -0.477 e. The summed E-state index contributed by atoms with van der Waals surface area (Å²) in [5, 5.41) is 19.9. The third-order valence-electron chi connectivity index (χ3n) is 5.18. The Hall–Kier alpha value is -3.68. The smallest absolute Gasteiger partial charge is 0.354 e. The monoisotopic (exact) mass is 405 g/mol. The Balaban J connectivity index is 1.36. The largest absolute Gasteiger partial charge is 0.477 e. The van der Waals surface area contributed by atoms with Gasteiger partial charge >= 0.3 is 12.0 Å². The summed E-state index contributed by atoms with van der Waals surface area (Å²) in [4.78, 5) is 28.0. The molecule has 0 unspecified atom stereocenters. The van der Waals surface area contributed by atoms with Crippen LogP contribution >= 0.6 is 0 Å². The summed E-state index contributed by atoms with van der Waals surface area (Å²) in [7, 11) is 0. The predicted molar refractivity (Wildman–Crippen MR) is 111 cm³/mol. The van der Waals surface area contributed by atoms with Gasteiger partial charge in [-0.25, -0.2) is 9.59 Å². The molecule has 1 aliphatic carbocycles. The van der Waals surface area contributed by atoms with Crippen molar-refractivity contribution >= 4 is 12.0 Å². The second-order valence-corrected chi connectivity index (χ2v) is 7.19. The van der Waals surface area contributed by atoms with Gasteiger partial charge in [0.15, 0.2) is 0 Å². The number of rotatable bonds is 7. The third-order valence-corrected chi connectivity index (χ3v) is 5.18. The molecule has 2 heterocycles. The lowest BCUT2D eigenvalue weighted by Gasteiger charge is -2.14. The highest BCUT2D eigenvalue weighted by atomic mass is 16.4. The van der Waals surface area contributed by atoms with E-state index in [-0.39, 0.29) is 11.7 Å².